The van der Waals surface area contributed by atoms with Gasteiger partial charge in [0, 0.05) is 28.7 Å². The van der Waals surface area contributed by atoms with Crippen molar-refractivity contribution in [3.63, 3.8) is 0 Å². The van der Waals surface area contributed by atoms with E-state index in [1.54, 1.807) is 11.3 Å². The monoisotopic (exact) mass is 343 g/mol. The number of rotatable bonds is 6. The lowest BCUT2D eigenvalue weighted by molar-refractivity contribution is 0.316. The smallest absolute Gasteiger partial charge is 0.160 e. The molecule has 0 amide bonds. The van der Waals surface area contributed by atoms with Gasteiger partial charge in [0.15, 0.2) is 5.65 Å². The normalized spacial score (nSPS) is 12.9. The van der Waals surface area contributed by atoms with Crippen LogP contribution in [0.4, 0.5) is 5.82 Å². The molecule has 0 fully saturated rings. The number of aromatic nitrogens is 3. The zero-order valence-corrected chi connectivity index (χ0v) is 15.8. The van der Waals surface area contributed by atoms with E-state index in [0.717, 1.165) is 41.4 Å². The maximum Gasteiger partial charge on any atom is 0.160 e. The van der Waals surface area contributed by atoms with E-state index in [0.29, 0.717) is 6.04 Å². The number of hydrogen-bond acceptors (Lipinski definition) is 5. The highest BCUT2D eigenvalue weighted by atomic mass is 32.1. The van der Waals surface area contributed by atoms with Crippen LogP contribution in [0.5, 0.6) is 0 Å². The Kier molecular flexibility index (Phi) is 4.87. The highest BCUT2D eigenvalue weighted by Gasteiger charge is 2.17. The molecule has 3 heterocycles. The van der Waals surface area contributed by atoms with Gasteiger partial charge < -0.3 is 10.2 Å². The van der Waals surface area contributed by atoms with Gasteiger partial charge in [0.1, 0.15) is 5.82 Å². The molecular weight excluding hydrogens is 318 g/mol. The van der Waals surface area contributed by atoms with Crippen molar-refractivity contribution in [3.8, 4) is 0 Å². The maximum absolute atomic E-state index is 4.74. The van der Waals surface area contributed by atoms with E-state index in [9.17, 15) is 0 Å². The standard InChI is InChI=1S/C18H25N5S/c1-6-14-10-17(23-18(20-14)12(2)13(3)21-23)19-11-15(22(4)5)16-8-7-9-24-16/h7-10,15,19H,6,11H2,1-5H3/t15-/m0/s1. The summed E-state index contributed by atoms with van der Waals surface area (Å²) in [5.41, 5.74) is 4.22. The second-order valence-corrected chi connectivity index (χ2v) is 7.29. The van der Waals surface area contributed by atoms with E-state index < -0.39 is 0 Å². The number of anilines is 1. The molecule has 1 atom stereocenters. The summed E-state index contributed by atoms with van der Waals surface area (Å²) >= 11 is 1.80. The highest BCUT2D eigenvalue weighted by Crippen LogP contribution is 2.25. The summed E-state index contributed by atoms with van der Waals surface area (Å²) in [6.07, 6.45) is 0.914. The van der Waals surface area contributed by atoms with Gasteiger partial charge in [0.05, 0.1) is 11.7 Å². The summed E-state index contributed by atoms with van der Waals surface area (Å²) in [4.78, 5) is 8.35. The van der Waals surface area contributed by atoms with Crippen molar-refractivity contribution in [1.82, 2.24) is 19.5 Å². The van der Waals surface area contributed by atoms with Gasteiger partial charge in [-0.15, -0.1) is 11.3 Å². The van der Waals surface area contributed by atoms with Crippen LogP contribution < -0.4 is 5.32 Å². The summed E-state index contributed by atoms with van der Waals surface area (Å²) in [6, 6.07) is 6.74. The van der Waals surface area contributed by atoms with Crippen molar-refractivity contribution in [2.45, 2.75) is 33.2 Å². The van der Waals surface area contributed by atoms with Crippen LogP contribution in [0.2, 0.25) is 0 Å². The van der Waals surface area contributed by atoms with E-state index >= 15 is 0 Å². The molecule has 0 aliphatic carbocycles. The Balaban J connectivity index is 1.93. The summed E-state index contributed by atoms with van der Waals surface area (Å²) in [6.45, 7) is 7.08. The Bertz CT molecular complexity index is 820. The topological polar surface area (TPSA) is 45.5 Å². The van der Waals surface area contributed by atoms with Crippen LogP contribution in [0.15, 0.2) is 23.6 Å². The first-order valence-corrected chi connectivity index (χ1v) is 9.18. The number of aryl methyl sites for hydroxylation is 3. The molecule has 6 heteroatoms. The van der Waals surface area contributed by atoms with Gasteiger partial charge in [0.2, 0.25) is 0 Å². The highest BCUT2D eigenvalue weighted by molar-refractivity contribution is 7.10. The fourth-order valence-electron chi connectivity index (χ4n) is 2.81. The Hall–Kier alpha value is -1.92. The predicted molar refractivity (Wildman–Crippen MR) is 101 cm³/mol. The molecule has 3 aromatic heterocycles. The fraction of sp³-hybridized carbons (Fsp3) is 0.444. The van der Waals surface area contributed by atoms with E-state index in [2.05, 4.69) is 66.8 Å². The van der Waals surface area contributed by atoms with E-state index in [1.165, 1.54) is 4.88 Å². The van der Waals surface area contributed by atoms with E-state index in [-0.39, 0.29) is 0 Å². The van der Waals surface area contributed by atoms with Crippen molar-refractivity contribution in [1.29, 1.82) is 0 Å². The molecule has 24 heavy (non-hydrogen) atoms. The summed E-state index contributed by atoms with van der Waals surface area (Å²) < 4.78 is 1.94. The van der Waals surface area contributed by atoms with Crippen LogP contribution >= 0.6 is 11.3 Å². The molecule has 3 aromatic rings. The zero-order valence-electron chi connectivity index (χ0n) is 15.0. The van der Waals surface area contributed by atoms with Crippen molar-refractivity contribution in [2.75, 3.05) is 26.0 Å². The third-order valence-electron chi connectivity index (χ3n) is 4.44. The Labute approximate surface area is 147 Å². The lowest BCUT2D eigenvalue weighted by Crippen LogP contribution is -2.26. The van der Waals surface area contributed by atoms with Gasteiger partial charge in [-0.05, 0) is 45.8 Å². The number of nitrogens with one attached hydrogen (secondary N) is 1. The lowest BCUT2D eigenvalue weighted by atomic mass is 10.2. The van der Waals surface area contributed by atoms with Gasteiger partial charge in [-0.1, -0.05) is 13.0 Å². The Morgan fingerprint density at radius 1 is 1.33 bits per heavy atom. The fourth-order valence-corrected chi connectivity index (χ4v) is 3.73. The summed E-state index contributed by atoms with van der Waals surface area (Å²) in [7, 11) is 4.24. The zero-order chi connectivity index (χ0) is 17.3. The first-order chi connectivity index (χ1) is 11.5. The summed E-state index contributed by atoms with van der Waals surface area (Å²) in [5, 5.41) is 10.4. The summed E-state index contributed by atoms with van der Waals surface area (Å²) in [5.74, 6) is 1.01. The molecule has 0 unspecified atom stereocenters. The van der Waals surface area contributed by atoms with E-state index in [4.69, 9.17) is 4.98 Å². The van der Waals surface area contributed by atoms with Crippen LogP contribution in [0.25, 0.3) is 5.65 Å². The number of hydrogen-bond donors (Lipinski definition) is 1. The number of thiophene rings is 1. The van der Waals surface area contributed by atoms with Crippen LogP contribution in [0.1, 0.15) is 34.8 Å². The van der Waals surface area contributed by atoms with Gasteiger partial charge in [-0.2, -0.15) is 9.61 Å². The van der Waals surface area contributed by atoms with Crippen molar-refractivity contribution < 1.29 is 0 Å². The van der Waals surface area contributed by atoms with Gasteiger partial charge in [-0.25, -0.2) is 4.98 Å². The van der Waals surface area contributed by atoms with Gasteiger partial charge in [-0.3, -0.25) is 0 Å². The number of fused-ring (bicyclic) bond motifs is 1. The second kappa shape index (κ2) is 6.91. The van der Waals surface area contributed by atoms with E-state index in [1.807, 2.05) is 11.4 Å². The molecule has 0 saturated heterocycles. The third kappa shape index (κ3) is 3.16. The second-order valence-electron chi connectivity index (χ2n) is 6.31. The molecule has 0 spiro atoms. The van der Waals surface area contributed by atoms with Crippen LogP contribution in [-0.4, -0.2) is 40.1 Å². The molecule has 0 aliphatic heterocycles. The first-order valence-electron chi connectivity index (χ1n) is 8.30. The van der Waals surface area contributed by atoms with Crippen molar-refractivity contribution >= 4 is 22.8 Å². The predicted octanol–water partition coefficient (Wildman–Crippen LogP) is 3.68. The number of nitrogens with zero attached hydrogens (tertiary/aromatic N) is 4. The minimum atomic E-state index is 0.330. The average molecular weight is 344 g/mol. The molecule has 0 saturated carbocycles. The SMILES string of the molecule is CCc1cc(NC[C@@H](c2cccs2)N(C)C)n2nc(C)c(C)c2n1. The maximum atomic E-state index is 4.74. The van der Waals surface area contributed by atoms with Gasteiger partial charge in [0.25, 0.3) is 0 Å². The quantitative estimate of drug-likeness (QED) is 0.741. The molecule has 3 rings (SSSR count). The van der Waals surface area contributed by atoms with Crippen LogP contribution in [0, 0.1) is 13.8 Å². The molecule has 1 N–H and O–H groups in total. The molecule has 0 bridgehead atoms. The minimum absolute atomic E-state index is 0.330. The molecular formula is C18H25N5S. The third-order valence-corrected chi connectivity index (χ3v) is 5.42. The van der Waals surface area contributed by atoms with Crippen molar-refractivity contribution in [3.05, 3.63) is 45.4 Å². The average Bonchev–Trinajstić information content (AvgIpc) is 3.17. The molecule has 5 nitrogen and oxygen atoms in total. The number of likely N-dealkylation sites (N-methyl/N-ethyl adjacent to an activating group) is 1. The van der Waals surface area contributed by atoms with Crippen molar-refractivity contribution in [2.24, 2.45) is 0 Å². The Morgan fingerprint density at radius 3 is 2.75 bits per heavy atom. The molecule has 128 valence electrons. The lowest BCUT2D eigenvalue weighted by Gasteiger charge is -2.24. The van der Waals surface area contributed by atoms with Gasteiger partial charge >= 0.3 is 0 Å². The van der Waals surface area contributed by atoms with Crippen LogP contribution in [-0.2, 0) is 6.42 Å². The molecule has 0 aromatic carbocycles. The molecule has 0 aliphatic rings. The largest absolute Gasteiger partial charge is 0.368 e. The minimum Gasteiger partial charge on any atom is -0.368 e. The molecule has 0 radical (unpaired) electrons. The first kappa shape index (κ1) is 16.9. The Morgan fingerprint density at radius 2 is 2.12 bits per heavy atom. The van der Waals surface area contributed by atoms with Crippen LogP contribution in [0.3, 0.4) is 0 Å².